The van der Waals surface area contributed by atoms with Gasteiger partial charge in [0.15, 0.2) is 0 Å². The third kappa shape index (κ3) is 5.64. The van der Waals surface area contributed by atoms with E-state index in [1.54, 1.807) is 13.8 Å². The highest BCUT2D eigenvalue weighted by molar-refractivity contribution is 6.29. The number of carbonyl (C=O) groups excluding carboxylic acids is 2. The van der Waals surface area contributed by atoms with Crippen LogP contribution in [0.25, 0.3) is 11.1 Å². The predicted molar refractivity (Wildman–Crippen MR) is 94.2 cm³/mol. The van der Waals surface area contributed by atoms with Gasteiger partial charge in [-0.15, -0.1) is 0 Å². The summed E-state index contributed by atoms with van der Waals surface area (Å²) < 4.78 is 15.1. The molecule has 2 aromatic rings. The van der Waals surface area contributed by atoms with Crippen LogP contribution in [-0.4, -0.2) is 31.3 Å². The summed E-state index contributed by atoms with van der Waals surface area (Å²) in [5, 5.41) is 0. The average Bonchev–Trinajstić information content (AvgIpc) is 2.61. The minimum atomic E-state index is -1.01. The number of hydrogen-bond acceptors (Lipinski definition) is 5. The second kappa shape index (κ2) is 8.33. The molecule has 0 aliphatic heterocycles. The van der Waals surface area contributed by atoms with Crippen molar-refractivity contribution in [3.05, 3.63) is 54.6 Å². The molecule has 0 bridgehead atoms. The fourth-order valence-corrected chi connectivity index (χ4v) is 2.22. The average molecular weight is 342 g/mol. The Morgan fingerprint density at radius 1 is 0.880 bits per heavy atom. The first-order valence-electron chi connectivity index (χ1n) is 8.01. The van der Waals surface area contributed by atoms with Gasteiger partial charge >= 0.3 is 11.9 Å². The van der Waals surface area contributed by atoms with Gasteiger partial charge in [-0.3, -0.25) is 0 Å². The maximum Gasteiger partial charge on any atom is 0.417 e. The highest BCUT2D eigenvalue weighted by Crippen LogP contribution is 2.23. The number of carbonyl (C=O) groups is 2. The lowest BCUT2D eigenvalue weighted by Crippen LogP contribution is -2.33. The first-order chi connectivity index (χ1) is 11.9. The van der Waals surface area contributed by atoms with Crippen LogP contribution >= 0.6 is 0 Å². The zero-order valence-corrected chi connectivity index (χ0v) is 14.7. The summed E-state index contributed by atoms with van der Waals surface area (Å²) in [5.74, 6) is -1.28. The maximum absolute atomic E-state index is 11.5. The molecule has 0 saturated carbocycles. The second-order valence-corrected chi connectivity index (χ2v) is 6.13. The molecule has 0 amide bonds. The highest BCUT2D eigenvalue weighted by atomic mass is 16.6. The van der Waals surface area contributed by atoms with Gasteiger partial charge in [0, 0.05) is 6.42 Å². The summed E-state index contributed by atoms with van der Waals surface area (Å²) in [4.78, 5) is 22.6. The number of benzene rings is 2. The third-order valence-corrected chi connectivity index (χ3v) is 3.66. The predicted octanol–water partition coefficient (Wildman–Crippen LogP) is 3.62. The molecular formula is C20H22O5. The Morgan fingerprint density at radius 2 is 1.48 bits per heavy atom. The van der Waals surface area contributed by atoms with E-state index in [1.807, 2.05) is 54.6 Å². The molecule has 0 saturated heterocycles. The van der Waals surface area contributed by atoms with Crippen molar-refractivity contribution in [2.45, 2.75) is 25.9 Å². The molecule has 5 heteroatoms. The van der Waals surface area contributed by atoms with Crippen molar-refractivity contribution in [3.63, 3.8) is 0 Å². The van der Waals surface area contributed by atoms with Gasteiger partial charge in [0.1, 0.15) is 11.4 Å². The summed E-state index contributed by atoms with van der Waals surface area (Å²) >= 11 is 0. The second-order valence-electron chi connectivity index (χ2n) is 6.13. The smallest absolute Gasteiger partial charge is 0.417 e. The lowest BCUT2D eigenvalue weighted by Gasteiger charge is -2.24. The van der Waals surface area contributed by atoms with Crippen LogP contribution in [0, 0.1) is 0 Å². The van der Waals surface area contributed by atoms with E-state index < -0.39 is 17.5 Å². The van der Waals surface area contributed by atoms with Crippen LogP contribution < -0.4 is 4.74 Å². The molecule has 0 fully saturated rings. The molecule has 0 spiro atoms. The Morgan fingerprint density at radius 3 is 2.08 bits per heavy atom. The first kappa shape index (κ1) is 18.5. The van der Waals surface area contributed by atoms with E-state index >= 15 is 0 Å². The van der Waals surface area contributed by atoms with Crippen LogP contribution in [0.2, 0.25) is 0 Å². The van der Waals surface area contributed by atoms with Gasteiger partial charge in [-0.05, 0) is 37.1 Å². The van der Waals surface area contributed by atoms with Gasteiger partial charge in [0.05, 0.1) is 13.7 Å². The molecule has 5 nitrogen and oxygen atoms in total. The van der Waals surface area contributed by atoms with Gasteiger partial charge in [-0.1, -0.05) is 42.5 Å². The van der Waals surface area contributed by atoms with E-state index in [2.05, 4.69) is 4.74 Å². The third-order valence-electron chi connectivity index (χ3n) is 3.66. The van der Waals surface area contributed by atoms with Gasteiger partial charge in [0.25, 0.3) is 0 Å². The molecule has 25 heavy (non-hydrogen) atoms. The van der Waals surface area contributed by atoms with Crippen molar-refractivity contribution in [1.82, 2.24) is 0 Å². The fraction of sp³-hybridized carbons (Fsp3) is 0.300. The molecule has 2 aromatic carbocycles. The molecule has 0 N–H and O–H groups in total. The number of hydrogen-bond donors (Lipinski definition) is 0. The van der Waals surface area contributed by atoms with Gasteiger partial charge in [-0.2, -0.15) is 0 Å². The minimum absolute atomic E-state index is 0.353. The fourth-order valence-electron chi connectivity index (χ4n) is 2.22. The van der Waals surface area contributed by atoms with Crippen LogP contribution in [0.1, 0.15) is 20.3 Å². The van der Waals surface area contributed by atoms with Gasteiger partial charge < -0.3 is 14.2 Å². The van der Waals surface area contributed by atoms with Crippen molar-refractivity contribution in [1.29, 1.82) is 0 Å². The molecule has 0 radical (unpaired) electrons. The molecule has 2 rings (SSSR count). The Hall–Kier alpha value is -2.82. The summed E-state index contributed by atoms with van der Waals surface area (Å²) in [7, 11) is 1.14. The van der Waals surface area contributed by atoms with Crippen molar-refractivity contribution >= 4 is 11.9 Å². The molecule has 0 aromatic heterocycles. The monoisotopic (exact) mass is 342 g/mol. The van der Waals surface area contributed by atoms with Crippen LogP contribution in [0.15, 0.2) is 54.6 Å². The number of rotatable bonds is 6. The van der Waals surface area contributed by atoms with Crippen LogP contribution in [0.5, 0.6) is 5.75 Å². The Bertz CT molecular complexity index is 705. The van der Waals surface area contributed by atoms with Crippen molar-refractivity contribution in [3.8, 4) is 16.9 Å². The normalized spacial score (nSPS) is 10.8. The van der Waals surface area contributed by atoms with E-state index in [1.165, 1.54) is 0 Å². The van der Waals surface area contributed by atoms with Crippen molar-refractivity contribution in [2.24, 2.45) is 0 Å². The number of methoxy groups -OCH3 is 1. The molecule has 0 heterocycles. The summed E-state index contributed by atoms with van der Waals surface area (Å²) in [6.07, 6.45) is 0.441. The highest BCUT2D eigenvalue weighted by Gasteiger charge is 2.27. The summed E-state index contributed by atoms with van der Waals surface area (Å²) in [5.41, 5.74) is 1.43. The van der Waals surface area contributed by atoms with Crippen molar-refractivity contribution < 1.29 is 23.8 Å². The number of ether oxygens (including phenoxy) is 3. The van der Waals surface area contributed by atoms with Gasteiger partial charge in [-0.25, -0.2) is 9.59 Å². The topological polar surface area (TPSA) is 61.8 Å². The summed E-state index contributed by atoms with van der Waals surface area (Å²) in [6.45, 7) is 3.79. The maximum atomic E-state index is 11.5. The largest absolute Gasteiger partial charge is 0.493 e. The van der Waals surface area contributed by atoms with E-state index in [0.29, 0.717) is 13.0 Å². The molecule has 132 valence electrons. The molecule has 0 aliphatic carbocycles. The van der Waals surface area contributed by atoms with E-state index in [9.17, 15) is 9.59 Å². The minimum Gasteiger partial charge on any atom is -0.493 e. The van der Waals surface area contributed by atoms with Gasteiger partial charge in [0.2, 0.25) is 0 Å². The molecule has 0 aliphatic rings. The Balaban J connectivity index is 1.85. The standard InChI is InChI=1S/C20H22O5/c1-20(2,25-19(22)18(21)23-3)13-14-24-17-11-9-16(10-12-17)15-7-5-4-6-8-15/h4-12H,13-14H2,1-3H3. The van der Waals surface area contributed by atoms with Crippen molar-refractivity contribution in [2.75, 3.05) is 13.7 Å². The zero-order valence-electron chi connectivity index (χ0n) is 14.7. The molecule has 0 atom stereocenters. The molecular weight excluding hydrogens is 320 g/mol. The Kier molecular flexibility index (Phi) is 6.17. The van der Waals surface area contributed by atoms with E-state index in [-0.39, 0.29) is 0 Å². The quantitative estimate of drug-likeness (QED) is 0.593. The van der Waals surface area contributed by atoms with Crippen LogP contribution in [-0.2, 0) is 19.1 Å². The first-order valence-corrected chi connectivity index (χ1v) is 8.01. The zero-order chi connectivity index (χ0) is 18.3. The van der Waals surface area contributed by atoms with Crippen LogP contribution in [0.3, 0.4) is 0 Å². The lowest BCUT2D eigenvalue weighted by atomic mass is 10.1. The molecule has 0 unspecified atom stereocenters. The number of esters is 2. The van der Waals surface area contributed by atoms with E-state index in [4.69, 9.17) is 9.47 Å². The summed E-state index contributed by atoms with van der Waals surface area (Å²) in [6, 6.07) is 17.9. The Labute approximate surface area is 147 Å². The SMILES string of the molecule is COC(=O)C(=O)OC(C)(C)CCOc1ccc(-c2ccccc2)cc1. The lowest BCUT2D eigenvalue weighted by molar-refractivity contribution is -0.174. The van der Waals surface area contributed by atoms with E-state index in [0.717, 1.165) is 24.0 Å². The van der Waals surface area contributed by atoms with Crippen LogP contribution in [0.4, 0.5) is 0 Å².